The van der Waals surface area contributed by atoms with Crippen LogP contribution in [-0.2, 0) is 21.2 Å². The molecule has 1 aromatic rings. The third kappa shape index (κ3) is 8.26. The molecule has 0 aliphatic carbocycles. The van der Waals surface area contributed by atoms with Crippen LogP contribution in [0, 0.1) is 5.82 Å². The number of sulfonamides is 1. The summed E-state index contributed by atoms with van der Waals surface area (Å²) < 4.78 is 46.9. The van der Waals surface area contributed by atoms with Crippen LogP contribution in [-0.4, -0.2) is 31.2 Å². The van der Waals surface area contributed by atoms with E-state index in [2.05, 4.69) is 10.0 Å². The molecule has 6 nitrogen and oxygen atoms in total. The number of alkyl carbamates (subject to hydrolysis) is 1. The molecule has 0 saturated carbocycles. The first-order chi connectivity index (χ1) is 11.9. The van der Waals surface area contributed by atoms with Crippen LogP contribution in [0.15, 0.2) is 23.1 Å². The maximum atomic E-state index is 14.5. The standard InChI is InChI=1S/C19H31FN2O4S/c1-17(2,3)22-27(24,25)14-10-9-13(15(20)11-14)12-19(7,8)21-16(23)26-18(4,5)6/h9-11,22H,12H2,1-8H3,(H,21,23). The largest absolute Gasteiger partial charge is 0.444 e. The van der Waals surface area contributed by atoms with Crippen molar-refractivity contribution in [2.75, 3.05) is 0 Å². The Bertz CT molecular complexity index is 791. The zero-order chi connectivity index (χ0) is 21.3. The summed E-state index contributed by atoms with van der Waals surface area (Å²) in [5.41, 5.74) is -1.80. The molecule has 1 rings (SSSR count). The van der Waals surface area contributed by atoms with Crippen LogP contribution in [0.2, 0.25) is 0 Å². The number of hydrogen-bond donors (Lipinski definition) is 2. The molecule has 0 aromatic heterocycles. The molecular formula is C19H31FN2O4S. The highest BCUT2D eigenvalue weighted by Gasteiger charge is 2.27. The van der Waals surface area contributed by atoms with E-state index in [0.29, 0.717) is 5.56 Å². The Hall–Kier alpha value is -1.67. The maximum absolute atomic E-state index is 14.5. The van der Waals surface area contributed by atoms with Crippen molar-refractivity contribution in [3.8, 4) is 0 Å². The van der Waals surface area contributed by atoms with E-state index in [-0.39, 0.29) is 11.3 Å². The monoisotopic (exact) mass is 402 g/mol. The Kier molecular flexibility index (Phi) is 6.71. The summed E-state index contributed by atoms with van der Waals surface area (Å²) >= 11 is 0. The minimum absolute atomic E-state index is 0.142. The quantitative estimate of drug-likeness (QED) is 0.786. The average molecular weight is 403 g/mol. The van der Waals surface area contributed by atoms with Crippen molar-refractivity contribution in [2.45, 2.75) is 83.4 Å². The molecule has 0 saturated heterocycles. The van der Waals surface area contributed by atoms with Gasteiger partial charge in [0.05, 0.1) is 4.90 Å². The Morgan fingerprint density at radius 3 is 2.07 bits per heavy atom. The number of nitrogens with one attached hydrogen (secondary N) is 2. The van der Waals surface area contributed by atoms with Crippen molar-refractivity contribution in [1.82, 2.24) is 10.0 Å². The number of halogens is 1. The van der Waals surface area contributed by atoms with E-state index in [1.165, 1.54) is 12.1 Å². The Morgan fingerprint density at radius 2 is 1.63 bits per heavy atom. The third-order valence-corrected chi connectivity index (χ3v) is 5.00. The lowest BCUT2D eigenvalue weighted by Gasteiger charge is -2.29. The SMILES string of the molecule is CC(C)(C)NS(=O)(=O)c1ccc(CC(C)(C)NC(=O)OC(C)(C)C)c(F)c1. The minimum atomic E-state index is -3.82. The number of hydrogen-bond acceptors (Lipinski definition) is 4. The molecule has 0 heterocycles. The highest BCUT2D eigenvalue weighted by molar-refractivity contribution is 7.89. The smallest absolute Gasteiger partial charge is 0.408 e. The van der Waals surface area contributed by atoms with E-state index < -0.39 is 38.6 Å². The minimum Gasteiger partial charge on any atom is -0.444 e. The van der Waals surface area contributed by atoms with E-state index in [1.807, 2.05) is 0 Å². The summed E-state index contributed by atoms with van der Waals surface area (Å²) in [6.45, 7) is 13.9. The first-order valence-corrected chi connectivity index (χ1v) is 10.2. The average Bonchev–Trinajstić information content (AvgIpc) is 2.34. The second-order valence-corrected chi connectivity index (χ2v) is 11.0. The molecule has 0 fully saturated rings. The molecule has 0 spiro atoms. The molecule has 154 valence electrons. The molecule has 0 unspecified atom stereocenters. The van der Waals surface area contributed by atoms with Gasteiger partial charge >= 0.3 is 6.09 Å². The molecule has 0 radical (unpaired) electrons. The number of amides is 1. The van der Waals surface area contributed by atoms with Crippen LogP contribution in [0.5, 0.6) is 0 Å². The van der Waals surface area contributed by atoms with Gasteiger partial charge in [-0.2, -0.15) is 0 Å². The fourth-order valence-electron chi connectivity index (χ4n) is 2.40. The summed E-state index contributed by atoms with van der Waals surface area (Å²) in [5.74, 6) is -0.647. The van der Waals surface area contributed by atoms with Gasteiger partial charge in [-0.05, 0) is 79.5 Å². The highest BCUT2D eigenvalue weighted by Crippen LogP contribution is 2.21. The predicted molar refractivity (Wildman–Crippen MR) is 104 cm³/mol. The van der Waals surface area contributed by atoms with Crippen LogP contribution < -0.4 is 10.0 Å². The van der Waals surface area contributed by atoms with Crippen LogP contribution in [0.25, 0.3) is 0 Å². The maximum Gasteiger partial charge on any atom is 0.408 e. The van der Waals surface area contributed by atoms with Gasteiger partial charge in [0.15, 0.2) is 0 Å². The van der Waals surface area contributed by atoms with Gasteiger partial charge in [0.25, 0.3) is 0 Å². The lowest BCUT2D eigenvalue weighted by Crippen LogP contribution is -2.47. The molecular weight excluding hydrogens is 371 g/mol. The fraction of sp³-hybridized carbons (Fsp3) is 0.632. The van der Waals surface area contributed by atoms with Crippen molar-refractivity contribution in [2.24, 2.45) is 0 Å². The van der Waals surface area contributed by atoms with Crippen molar-refractivity contribution < 1.29 is 22.3 Å². The van der Waals surface area contributed by atoms with Crippen LogP contribution in [0.1, 0.15) is 61.0 Å². The van der Waals surface area contributed by atoms with Gasteiger partial charge in [0.2, 0.25) is 10.0 Å². The molecule has 2 N–H and O–H groups in total. The van der Waals surface area contributed by atoms with Crippen LogP contribution >= 0.6 is 0 Å². The topological polar surface area (TPSA) is 84.5 Å². The lowest BCUT2D eigenvalue weighted by molar-refractivity contribution is 0.0472. The lowest BCUT2D eigenvalue weighted by atomic mass is 9.95. The van der Waals surface area contributed by atoms with Crippen molar-refractivity contribution in [3.63, 3.8) is 0 Å². The van der Waals surface area contributed by atoms with Crippen LogP contribution in [0.3, 0.4) is 0 Å². The third-order valence-electron chi connectivity index (χ3n) is 3.25. The van der Waals surface area contributed by atoms with Crippen molar-refractivity contribution in [1.29, 1.82) is 0 Å². The number of carbonyl (C=O) groups is 1. The number of carbonyl (C=O) groups excluding carboxylic acids is 1. The molecule has 27 heavy (non-hydrogen) atoms. The summed E-state index contributed by atoms with van der Waals surface area (Å²) in [7, 11) is -3.82. The summed E-state index contributed by atoms with van der Waals surface area (Å²) in [5, 5.41) is 2.71. The van der Waals surface area contributed by atoms with Gasteiger partial charge < -0.3 is 10.1 Å². The molecule has 0 bridgehead atoms. The second kappa shape index (κ2) is 7.75. The zero-order valence-corrected chi connectivity index (χ0v) is 18.2. The van der Waals surface area contributed by atoms with E-state index in [4.69, 9.17) is 4.74 Å². The molecule has 1 amide bonds. The Labute approximate surface area is 161 Å². The van der Waals surface area contributed by atoms with Gasteiger partial charge in [0.1, 0.15) is 11.4 Å². The highest BCUT2D eigenvalue weighted by atomic mass is 32.2. The van der Waals surface area contributed by atoms with Gasteiger partial charge in [-0.25, -0.2) is 22.3 Å². The Balaban J connectivity index is 2.95. The first kappa shape index (κ1) is 23.4. The van der Waals surface area contributed by atoms with Crippen molar-refractivity contribution >= 4 is 16.1 Å². The second-order valence-electron chi connectivity index (χ2n) is 9.30. The van der Waals surface area contributed by atoms with Gasteiger partial charge in [-0.3, -0.25) is 0 Å². The molecule has 0 aliphatic heterocycles. The van der Waals surface area contributed by atoms with E-state index in [0.717, 1.165) is 6.07 Å². The van der Waals surface area contributed by atoms with E-state index in [1.54, 1.807) is 55.4 Å². The van der Waals surface area contributed by atoms with Crippen LogP contribution in [0.4, 0.5) is 9.18 Å². The summed E-state index contributed by atoms with van der Waals surface area (Å²) in [6, 6.07) is 3.77. The number of ether oxygens (including phenoxy) is 1. The summed E-state index contributed by atoms with van der Waals surface area (Å²) in [4.78, 5) is 11.8. The van der Waals surface area contributed by atoms with E-state index >= 15 is 0 Å². The van der Waals surface area contributed by atoms with Gasteiger partial charge in [-0.15, -0.1) is 0 Å². The zero-order valence-electron chi connectivity index (χ0n) is 17.4. The Morgan fingerprint density at radius 1 is 1.07 bits per heavy atom. The first-order valence-electron chi connectivity index (χ1n) is 8.74. The van der Waals surface area contributed by atoms with Gasteiger partial charge in [-0.1, -0.05) is 6.07 Å². The molecule has 1 aromatic carbocycles. The summed E-state index contributed by atoms with van der Waals surface area (Å²) in [6.07, 6.45) is -0.424. The molecule has 0 atom stereocenters. The van der Waals surface area contributed by atoms with Gasteiger partial charge in [0, 0.05) is 11.1 Å². The van der Waals surface area contributed by atoms with E-state index in [9.17, 15) is 17.6 Å². The number of benzene rings is 1. The fourth-order valence-corrected chi connectivity index (χ4v) is 3.83. The predicted octanol–water partition coefficient (Wildman–Crippen LogP) is 3.75. The normalized spacial score (nSPS) is 13.4. The molecule has 8 heteroatoms. The molecule has 0 aliphatic rings. The number of rotatable bonds is 5. The van der Waals surface area contributed by atoms with Crippen molar-refractivity contribution in [3.05, 3.63) is 29.6 Å².